The fraction of sp³-hybridized carbons (Fsp3) is 0.600. The Morgan fingerprint density at radius 2 is 0.891 bits per heavy atom. The van der Waals surface area contributed by atoms with E-state index in [4.69, 9.17) is 145 Å². The quantitative estimate of drug-likeness (QED) is 0.0257. The van der Waals surface area contributed by atoms with E-state index in [0.29, 0.717) is 6.42 Å². The van der Waals surface area contributed by atoms with Crippen LogP contribution in [0.3, 0.4) is 0 Å². The molecule has 604 valence electrons. The van der Waals surface area contributed by atoms with Crippen molar-refractivity contribution in [2.75, 3.05) is 50.2 Å². The van der Waals surface area contributed by atoms with Crippen molar-refractivity contribution in [3.05, 3.63) is 125 Å². The van der Waals surface area contributed by atoms with E-state index < -0.39 is 210 Å². The summed E-state index contributed by atoms with van der Waals surface area (Å²) in [5.41, 5.74) is 10.6. The lowest BCUT2D eigenvalue weighted by Gasteiger charge is -2.28. The summed E-state index contributed by atoms with van der Waals surface area (Å²) >= 11 is 27.5. The molecule has 12 rings (SSSR count). The van der Waals surface area contributed by atoms with Crippen LogP contribution in [0, 0.1) is 25.7 Å². The molecule has 20 atom stereocenters. The molecular weight excluding hydrogens is 1660 g/mol. The van der Waals surface area contributed by atoms with Gasteiger partial charge in [0.2, 0.25) is 11.9 Å². The molecule has 5 saturated heterocycles. The van der Waals surface area contributed by atoms with Crippen molar-refractivity contribution in [2.24, 2.45) is 11.8 Å². The van der Waals surface area contributed by atoms with Gasteiger partial charge in [0.1, 0.15) is 61.4 Å². The van der Waals surface area contributed by atoms with Crippen molar-refractivity contribution in [3.8, 4) is 0 Å². The third-order valence-electron chi connectivity index (χ3n) is 18.0. The zero-order valence-corrected chi connectivity index (χ0v) is 67.0. The van der Waals surface area contributed by atoms with Crippen LogP contribution in [0.15, 0.2) is 69.3 Å². The number of nitrogens with two attached hydrogens (primary N) is 3. The Bertz CT molecular complexity index is 5410. The summed E-state index contributed by atoms with van der Waals surface area (Å²) < 4.78 is 96.1. The monoisotopic (exact) mass is 1740 g/mol. The first-order valence-corrected chi connectivity index (χ1v) is 46.3. The molecular formula is C55H76N17O28P5S5. The van der Waals surface area contributed by atoms with E-state index in [1.807, 2.05) is 13.8 Å². The van der Waals surface area contributed by atoms with Crippen molar-refractivity contribution in [3.63, 3.8) is 0 Å². The Morgan fingerprint density at radius 1 is 0.491 bits per heavy atom. The van der Waals surface area contributed by atoms with Crippen LogP contribution in [0.25, 0.3) is 22.3 Å². The van der Waals surface area contributed by atoms with Crippen molar-refractivity contribution < 1.29 is 93.4 Å². The lowest BCUT2D eigenvalue weighted by molar-refractivity contribution is -0.0565. The summed E-state index contributed by atoms with van der Waals surface area (Å²) in [7, 11) is 0. The molecule has 0 aliphatic carbocycles. The van der Waals surface area contributed by atoms with Gasteiger partial charge < -0.3 is 111 Å². The predicted octanol–water partition coefficient (Wildman–Crippen LogP) is 0.109. The highest BCUT2D eigenvalue weighted by molar-refractivity contribution is 8.08. The first-order valence-electron chi connectivity index (χ1n) is 33.3. The van der Waals surface area contributed by atoms with Crippen molar-refractivity contribution in [1.29, 1.82) is 0 Å². The molecule has 0 spiro atoms. The van der Waals surface area contributed by atoms with Crippen LogP contribution in [0.4, 0.5) is 17.7 Å². The van der Waals surface area contributed by atoms with Gasteiger partial charge in [0.05, 0.1) is 76.0 Å². The number of nitrogen functional groups attached to an aromatic ring is 3. The second-order valence-electron chi connectivity index (χ2n) is 26.5. The minimum atomic E-state index is -4.71. The van der Waals surface area contributed by atoms with Crippen LogP contribution < -0.4 is 62.2 Å². The third kappa shape index (κ3) is 19.7. The summed E-state index contributed by atoms with van der Waals surface area (Å²) in [4.78, 5) is 190. The number of H-pyrrole nitrogens is 5. The van der Waals surface area contributed by atoms with Gasteiger partial charge >= 0.3 is 56.4 Å². The molecule has 45 nitrogen and oxygen atoms in total. The van der Waals surface area contributed by atoms with E-state index in [-0.39, 0.29) is 82.9 Å². The average Bonchev–Trinajstić information content (AvgIpc) is 1.62. The lowest BCUT2D eigenvalue weighted by atomic mass is 9.89. The van der Waals surface area contributed by atoms with Gasteiger partial charge in [-0.1, -0.05) is 13.8 Å². The van der Waals surface area contributed by atoms with Crippen LogP contribution in [0.2, 0.25) is 0 Å². The maximum absolute atomic E-state index is 13.7. The molecule has 0 radical (unpaired) electrons. The van der Waals surface area contributed by atoms with Gasteiger partial charge in [-0.2, -0.15) is 15.0 Å². The molecule has 5 aliphatic heterocycles. The van der Waals surface area contributed by atoms with Gasteiger partial charge in [-0.3, -0.25) is 62.4 Å². The van der Waals surface area contributed by atoms with Gasteiger partial charge in [-0.15, -0.1) is 0 Å². The highest BCUT2D eigenvalue weighted by Crippen LogP contribution is 2.56. The molecule has 12 heterocycles. The molecule has 110 heavy (non-hydrogen) atoms. The third-order valence-corrected chi connectivity index (χ3v) is 26.1. The van der Waals surface area contributed by atoms with Gasteiger partial charge in [-0.25, -0.2) is 28.7 Å². The highest BCUT2D eigenvalue weighted by atomic mass is 32.5. The summed E-state index contributed by atoms with van der Waals surface area (Å²) in [5, 5.41) is 0. The Hall–Kier alpha value is -5.41. The van der Waals surface area contributed by atoms with E-state index in [1.165, 1.54) is 54.0 Å². The van der Waals surface area contributed by atoms with Crippen molar-refractivity contribution in [2.45, 2.75) is 166 Å². The molecule has 55 heteroatoms. The van der Waals surface area contributed by atoms with E-state index in [0.717, 1.165) is 13.7 Å². The molecule has 7 aromatic rings. The number of hydrogen-bond acceptors (Lipinski definition) is 35. The van der Waals surface area contributed by atoms with Crippen LogP contribution >= 0.6 is 33.6 Å². The van der Waals surface area contributed by atoms with E-state index in [2.05, 4.69) is 44.9 Å². The molecule has 5 unspecified atom stereocenters. The lowest BCUT2D eigenvalue weighted by Crippen LogP contribution is -2.33. The van der Waals surface area contributed by atoms with Crippen LogP contribution in [0.5, 0.6) is 0 Å². The molecule has 5 aliphatic rings. The minimum Gasteiger partial charge on any atom is -0.383 e. The first-order chi connectivity index (χ1) is 51.6. The summed E-state index contributed by atoms with van der Waals surface area (Å²) in [6.07, 6.45) is -14.2. The molecule has 5 fully saturated rings. The highest BCUT2D eigenvalue weighted by Gasteiger charge is 2.49. The number of hydrogen-bond donors (Lipinski definition) is 13. The van der Waals surface area contributed by atoms with Gasteiger partial charge in [0.25, 0.3) is 22.2 Å². The number of aromatic amines is 5. The molecule has 0 amide bonds. The number of imidazole rings is 2. The van der Waals surface area contributed by atoms with E-state index in [9.17, 15) is 62.8 Å². The Labute approximate surface area is 643 Å². The number of fused-ring (bicyclic) bond motifs is 2. The molecule has 0 saturated carbocycles. The average molecular weight is 1740 g/mol. The molecule has 7 aromatic heterocycles. The van der Waals surface area contributed by atoms with E-state index >= 15 is 0 Å². The summed E-state index contributed by atoms with van der Waals surface area (Å²) in [6, 6.07) is 1.44. The molecule has 0 bridgehead atoms. The zero-order chi connectivity index (χ0) is 79.6. The van der Waals surface area contributed by atoms with E-state index in [1.54, 1.807) is 13.8 Å². The predicted molar refractivity (Wildman–Crippen MR) is 402 cm³/mol. The zero-order valence-electron chi connectivity index (χ0n) is 58.4. The summed E-state index contributed by atoms with van der Waals surface area (Å²) in [6.45, 7) is -15.4. The maximum atomic E-state index is 13.7. The van der Waals surface area contributed by atoms with Gasteiger partial charge in [0, 0.05) is 55.4 Å². The number of anilines is 3. The normalized spacial score (nSPS) is 28.6. The van der Waals surface area contributed by atoms with Crippen molar-refractivity contribution in [1.82, 2.24) is 67.7 Å². The molecule has 16 N–H and O–H groups in total. The van der Waals surface area contributed by atoms with Crippen molar-refractivity contribution >= 4 is 133 Å². The number of nitrogens with one attached hydrogen (secondary N) is 5. The number of aryl methyl sites for hydroxylation is 2. The second-order valence-corrected chi connectivity index (χ2v) is 40.5. The second kappa shape index (κ2) is 33.4. The topological polar surface area (TPSA) is 609 Å². The number of nitrogens with zero attached hydrogens (tertiary/aromatic N) is 9. The fourth-order valence-corrected chi connectivity index (χ4v) is 20.5. The number of rotatable bonds is 31. The molecule has 0 aromatic carbocycles. The Kier molecular flexibility index (Phi) is 25.5. The van der Waals surface area contributed by atoms with Crippen LogP contribution in [-0.4, -0.2) is 186 Å². The fourth-order valence-electron chi connectivity index (χ4n) is 12.9. The standard InChI is InChI=1S/C55H76N17O28P5S5/c1-22(2)26-9-37(68-8-7-36(56)60-52(68)77)91-31(26)16-86-102(82,107)97-27-10-38(69-14-24(5)46(73)66-53(69)78)92-32(27)19-89-105(85,110)100-30-13-41(72-45-43(61-55(72)80)49(76)65-51(58)63-45)95-35(30)20-90-104(84,109)98-28-11-39(70-15-25(6)47(74)67-54(70)79)93-33(28)18-88-103(83,108)99-29-12-40(94-34(29)17-87-101(81,106)96-23(3)4)71-21-59-42-44(71)62-50(57)64-48(42)75/h7-8,14-15,21-23,26-35,37-41H,9-13,16-20H2,1-6H3,(H,61,80)(H,81,106)(H,82,107)(H,83,108)(H,84,109)(H,85,110)(H2,56,60,77)(H,66,73,78)(H,67,74,79)(H3,57,62,64,75)(H3,58,63,65,76)/t26-,27+,28+,29+,30+,31+,32+,33+,34+,35+,37+,38+,39+,40+,41+,101?,102?,103?,104?,105?/m0/s1. The smallest absolute Gasteiger partial charge is 0.351 e. The Balaban J connectivity index is 0.765. The Morgan fingerprint density at radius 3 is 1.35 bits per heavy atom. The summed E-state index contributed by atoms with van der Waals surface area (Å²) in [5.74, 6) is -0.907. The largest absolute Gasteiger partial charge is 0.383 e. The SMILES string of the molecule is Cc1cn([C@H]2C[C@@H](OP(O)(=S)OC[C@H]3O[C@@H](n4c(=O)[nH]c5c(=O)[nH]c(N)nc54)C[C@H]3OP(O)(=S)OC[C@H]3O[C@@H](n4cc(C)c(=O)[nH]c4=O)C[C@H]3OP(O)(=S)OC[C@H]3O[C@@H](n4ccc(N)nc4=O)C[C@H]3C(C)C)[C@@H](COP(O)(=S)O[C@@H]3C[C@H](n4cnc5c(=O)[nH]c(N)nc54)O[C@@H]3COP(O)(=S)OC(C)C)O2)c(=O)[nH]c1=O. The van der Waals surface area contributed by atoms with Gasteiger partial charge in [-0.05, 0) is 111 Å². The number of ether oxygens (including phenoxy) is 5. The first kappa shape index (κ1) is 84.0. The van der Waals surface area contributed by atoms with Gasteiger partial charge in [0.15, 0.2) is 22.3 Å². The number of aromatic nitrogens is 14. The van der Waals surface area contributed by atoms with Crippen LogP contribution in [0.1, 0.15) is 102 Å². The van der Waals surface area contributed by atoms with Crippen LogP contribution in [-0.2, 0) is 128 Å². The minimum absolute atomic E-state index is 0.00591. The maximum Gasteiger partial charge on any atom is 0.351 e.